The van der Waals surface area contributed by atoms with Gasteiger partial charge in [0.2, 0.25) is 0 Å². The van der Waals surface area contributed by atoms with Gasteiger partial charge in [0.15, 0.2) is 9.84 Å². The van der Waals surface area contributed by atoms with E-state index in [-0.39, 0.29) is 23.7 Å². The van der Waals surface area contributed by atoms with Crippen LogP contribution in [0.15, 0.2) is 0 Å². The van der Waals surface area contributed by atoms with Crippen LogP contribution in [0, 0.1) is 0 Å². The second kappa shape index (κ2) is 3.92. The summed E-state index contributed by atoms with van der Waals surface area (Å²) in [6.45, 7) is 2.09. The van der Waals surface area contributed by atoms with Crippen molar-refractivity contribution in [3.05, 3.63) is 0 Å². The Morgan fingerprint density at radius 3 is 2.69 bits per heavy atom. The zero-order valence-corrected chi connectivity index (χ0v) is 8.66. The molecule has 1 fully saturated rings. The minimum atomic E-state index is -2.85. The van der Waals surface area contributed by atoms with Crippen LogP contribution in [-0.4, -0.2) is 38.7 Å². The molecule has 1 heterocycles. The number of alkyl halides is 1. The quantitative estimate of drug-likeness (QED) is 0.686. The second-order valence-electron chi connectivity index (χ2n) is 3.87. The summed E-state index contributed by atoms with van der Waals surface area (Å²) in [6.07, 6.45) is 1.09. The average Bonchev–Trinajstić information content (AvgIpc) is 2.27. The largest absolute Gasteiger partial charge is 0.310 e. The lowest BCUT2D eigenvalue weighted by Crippen LogP contribution is -2.43. The summed E-state index contributed by atoms with van der Waals surface area (Å²) in [5.41, 5.74) is -0.325. The summed E-state index contributed by atoms with van der Waals surface area (Å²) >= 11 is 0. The number of halogens is 1. The highest BCUT2D eigenvalue weighted by atomic mass is 32.2. The van der Waals surface area contributed by atoms with Crippen molar-refractivity contribution < 1.29 is 12.8 Å². The van der Waals surface area contributed by atoms with E-state index in [0.29, 0.717) is 19.4 Å². The Morgan fingerprint density at radius 2 is 2.23 bits per heavy atom. The minimum Gasteiger partial charge on any atom is -0.310 e. The highest BCUT2D eigenvalue weighted by molar-refractivity contribution is 7.91. The number of rotatable bonds is 4. The number of nitrogens with one attached hydrogen (secondary N) is 1. The Hall–Kier alpha value is -0.160. The van der Waals surface area contributed by atoms with Gasteiger partial charge < -0.3 is 5.32 Å². The molecule has 3 nitrogen and oxygen atoms in total. The van der Waals surface area contributed by atoms with Crippen LogP contribution in [0.25, 0.3) is 0 Å². The molecule has 1 atom stereocenters. The molecule has 0 aliphatic carbocycles. The van der Waals surface area contributed by atoms with E-state index in [9.17, 15) is 12.8 Å². The molecule has 0 aromatic carbocycles. The van der Waals surface area contributed by atoms with E-state index >= 15 is 0 Å². The molecule has 0 saturated carbocycles. The van der Waals surface area contributed by atoms with Gasteiger partial charge in [0.1, 0.15) is 0 Å². The van der Waals surface area contributed by atoms with E-state index in [2.05, 4.69) is 5.32 Å². The van der Waals surface area contributed by atoms with Crippen LogP contribution in [-0.2, 0) is 9.84 Å². The van der Waals surface area contributed by atoms with Crippen molar-refractivity contribution in [2.45, 2.75) is 25.3 Å². The topological polar surface area (TPSA) is 46.2 Å². The van der Waals surface area contributed by atoms with Crippen LogP contribution in [0.4, 0.5) is 4.39 Å². The fraction of sp³-hybridized carbons (Fsp3) is 1.00. The lowest BCUT2D eigenvalue weighted by atomic mass is 10.0. The molecule has 0 aromatic rings. The number of sulfone groups is 1. The Bertz CT molecular complexity index is 265. The molecule has 0 amide bonds. The van der Waals surface area contributed by atoms with Crippen molar-refractivity contribution in [1.82, 2.24) is 5.32 Å². The summed E-state index contributed by atoms with van der Waals surface area (Å²) in [6, 6.07) is 0. The summed E-state index contributed by atoms with van der Waals surface area (Å²) in [5.74, 6) is 0.443. The van der Waals surface area contributed by atoms with Crippen molar-refractivity contribution in [3.63, 3.8) is 0 Å². The van der Waals surface area contributed by atoms with Crippen LogP contribution in [0.5, 0.6) is 0 Å². The standard InChI is InChI=1S/C8H16FNO2S/c1-8(10-5-2-4-9)3-6-13(11,12)7-8/h10H,2-7H2,1H3. The van der Waals surface area contributed by atoms with Gasteiger partial charge in [-0.15, -0.1) is 0 Å². The maximum Gasteiger partial charge on any atom is 0.152 e. The third-order valence-electron chi connectivity index (χ3n) is 2.37. The number of hydrogen-bond acceptors (Lipinski definition) is 3. The molecule has 1 saturated heterocycles. The van der Waals surface area contributed by atoms with Gasteiger partial charge in [0, 0.05) is 5.54 Å². The van der Waals surface area contributed by atoms with Crippen molar-refractivity contribution in [2.75, 3.05) is 24.7 Å². The Labute approximate surface area is 78.6 Å². The van der Waals surface area contributed by atoms with E-state index in [1.54, 1.807) is 0 Å². The first-order valence-electron chi connectivity index (χ1n) is 4.49. The molecule has 1 aliphatic rings. The van der Waals surface area contributed by atoms with Crippen LogP contribution in [0.3, 0.4) is 0 Å². The van der Waals surface area contributed by atoms with Gasteiger partial charge in [-0.05, 0) is 26.3 Å². The summed E-state index contributed by atoms with van der Waals surface area (Å²) in [5, 5.41) is 3.10. The molecular formula is C8H16FNO2S. The molecule has 1 aliphatic heterocycles. The number of hydrogen-bond donors (Lipinski definition) is 1. The predicted molar refractivity (Wildman–Crippen MR) is 50.3 cm³/mol. The van der Waals surface area contributed by atoms with Gasteiger partial charge in [-0.3, -0.25) is 4.39 Å². The van der Waals surface area contributed by atoms with Crippen LogP contribution >= 0.6 is 0 Å². The molecular weight excluding hydrogens is 193 g/mol. The van der Waals surface area contributed by atoms with E-state index < -0.39 is 9.84 Å². The van der Waals surface area contributed by atoms with Crippen molar-refractivity contribution in [2.24, 2.45) is 0 Å². The Morgan fingerprint density at radius 1 is 1.54 bits per heavy atom. The molecule has 0 spiro atoms. The van der Waals surface area contributed by atoms with E-state index in [1.165, 1.54) is 0 Å². The first kappa shape index (κ1) is 10.9. The minimum absolute atomic E-state index is 0.187. The Kier molecular flexibility index (Phi) is 3.29. The van der Waals surface area contributed by atoms with Gasteiger partial charge >= 0.3 is 0 Å². The Balaban J connectivity index is 2.41. The van der Waals surface area contributed by atoms with Crippen molar-refractivity contribution in [1.29, 1.82) is 0 Å². The molecule has 0 aromatic heterocycles. The average molecular weight is 209 g/mol. The third kappa shape index (κ3) is 3.23. The van der Waals surface area contributed by atoms with Gasteiger partial charge in [0.25, 0.3) is 0 Å². The molecule has 1 rings (SSSR count). The third-order valence-corrected chi connectivity index (χ3v) is 4.27. The van der Waals surface area contributed by atoms with Gasteiger partial charge in [-0.1, -0.05) is 0 Å². The zero-order valence-electron chi connectivity index (χ0n) is 7.85. The lowest BCUT2D eigenvalue weighted by molar-refractivity contribution is 0.373. The van der Waals surface area contributed by atoms with Gasteiger partial charge in [-0.25, -0.2) is 8.42 Å². The van der Waals surface area contributed by atoms with E-state index in [4.69, 9.17) is 0 Å². The van der Waals surface area contributed by atoms with Crippen LogP contribution < -0.4 is 5.32 Å². The van der Waals surface area contributed by atoms with Crippen LogP contribution in [0.1, 0.15) is 19.8 Å². The summed E-state index contributed by atoms with van der Waals surface area (Å²) in [7, 11) is -2.85. The van der Waals surface area contributed by atoms with Gasteiger partial charge in [-0.2, -0.15) is 0 Å². The van der Waals surface area contributed by atoms with Crippen molar-refractivity contribution >= 4 is 9.84 Å². The first-order valence-corrected chi connectivity index (χ1v) is 6.31. The van der Waals surface area contributed by atoms with E-state index in [1.807, 2.05) is 6.92 Å². The molecule has 0 bridgehead atoms. The smallest absolute Gasteiger partial charge is 0.152 e. The molecule has 5 heteroatoms. The predicted octanol–water partition coefficient (Wildman–Crippen LogP) is 0.513. The molecule has 1 N–H and O–H groups in total. The van der Waals surface area contributed by atoms with Crippen molar-refractivity contribution in [3.8, 4) is 0 Å². The molecule has 78 valence electrons. The molecule has 13 heavy (non-hydrogen) atoms. The fourth-order valence-corrected chi connectivity index (χ4v) is 3.73. The van der Waals surface area contributed by atoms with E-state index in [0.717, 1.165) is 0 Å². The fourth-order valence-electron chi connectivity index (χ4n) is 1.61. The second-order valence-corrected chi connectivity index (χ2v) is 6.06. The first-order chi connectivity index (χ1) is 5.97. The normalized spacial score (nSPS) is 32.2. The molecule has 0 radical (unpaired) electrons. The molecule has 1 unspecified atom stereocenters. The van der Waals surface area contributed by atoms with Gasteiger partial charge in [0.05, 0.1) is 18.2 Å². The summed E-state index contributed by atoms with van der Waals surface area (Å²) < 4.78 is 34.1. The zero-order chi connectivity index (χ0) is 9.95. The highest BCUT2D eigenvalue weighted by Gasteiger charge is 2.37. The lowest BCUT2D eigenvalue weighted by Gasteiger charge is -2.23. The van der Waals surface area contributed by atoms with Crippen LogP contribution in [0.2, 0.25) is 0 Å². The maximum absolute atomic E-state index is 11.8. The monoisotopic (exact) mass is 209 g/mol. The maximum atomic E-state index is 11.8. The summed E-state index contributed by atoms with van der Waals surface area (Å²) in [4.78, 5) is 0. The highest BCUT2D eigenvalue weighted by Crippen LogP contribution is 2.22. The SMILES string of the molecule is CC1(NCCCF)CCS(=O)(=O)C1.